The van der Waals surface area contributed by atoms with Crippen molar-refractivity contribution in [2.45, 2.75) is 41.6 Å². The molecule has 3 rings (SSSR count). The summed E-state index contributed by atoms with van der Waals surface area (Å²) in [6, 6.07) is 5.73. The normalized spacial score (nSPS) is 16.4. The van der Waals surface area contributed by atoms with E-state index in [1.54, 1.807) is 19.2 Å². The highest BCUT2D eigenvalue weighted by Crippen LogP contribution is 2.35. The zero-order valence-electron chi connectivity index (χ0n) is 15.0. The first-order valence-electron chi connectivity index (χ1n) is 8.53. The minimum Gasteiger partial charge on any atom is -0.258 e. The van der Waals surface area contributed by atoms with Crippen LogP contribution in [0.5, 0.6) is 0 Å². The third kappa shape index (κ3) is 4.45. The van der Waals surface area contributed by atoms with Crippen molar-refractivity contribution >= 4 is 27.5 Å². The number of rotatable bonds is 5. The number of benzene rings is 1. The quantitative estimate of drug-likeness (QED) is 0.424. The summed E-state index contributed by atoms with van der Waals surface area (Å²) in [4.78, 5) is 19.5. The van der Waals surface area contributed by atoms with Gasteiger partial charge in [0.15, 0.2) is 5.16 Å². The highest BCUT2D eigenvalue weighted by molar-refractivity contribution is 7.99. The van der Waals surface area contributed by atoms with Gasteiger partial charge in [-0.1, -0.05) is 6.92 Å². The fourth-order valence-electron chi connectivity index (χ4n) is 2.83. The van der Waals surface area contributed by atoms with Gasteiger partial charge in [-0.3, -0.25) is 10.1 Å². The lowest BCUT2D eigenvalue weighted by Crippen LogP contribution is -2.37. The van der Waals surface area contributed by atoms with E-state index in [1.165, 1.54) is 16.4 Å². The Morgan fingerprint density at radius 3 is 2.59 bits per heavy atom. The molecule has 2 heterocycles. The Bertz CT molecular complexity index is 957. The third-order valence-corrected chi connectivity index (χ3v) is 7.32. The lowest BCUT2D eigenvalue weighted by molar-refractivity contribution is -0.388. The van der Waals surface area contributed by atoms with Crippen molar-refractivity contribution in [3.05, 3.63) is 46.3 Å². The largest absolute Gasteiger partial charge is 0.284 e. The van der Waals surface area contributed by atoms with E-state index in [1.807, 2.05) is 0 Å². The summed E-state index contributed by atoms with van der Waals surface area (Å²) in [5.74, 6) is 0.485. The number of aromatic nitrogens is 2. The minimum atomic E-state index is -3.75. The molecule has 1 saturated heterocycles. The Labute approximate surface area is 162 Å². The van der Waals surface area contributed by atoms with Crippen LogP contribution in [0.2, 0.25) is 0 Å². The summed E-state index contributed by atoms with van der Waals surface area (Å²) in [7, 11) is -3.75. The number of piperidine rings is 1. The van der Waals surface area contributed by atoms with Crippen LogP contribution in [-0.4, -0.2) is 40.7 Å². The van der Waals surface area contributed by atoms with Crippen LogP contribution in [0.4, 0.5) is 5.69 Å². The van der Waals surface area contributed by atoms with Gasteiger partial charge in [0, 0.05) is 31.0 Å². The molecule has 1 fully saturated rings. The van der Waals surface area contributed by atoms with Crippen LogP contribution in [0.3, 0.4) is 0 Å². The number of aryl methyl sites for hydroxylation is 1. The van der Waals surface area contributed by atoms with Gasteiger partial charge < -0.3 is 0 Å². The van der Waals surface area contributed by atoms with Crippen LogP contribution in [-0.2, 0) is 10.0 Å². The van der Waals surface area contributed by atoms with Gasteiger partial charge in [-0.25, -0.2) is 18.4 Å². The summed E-state index contributed by atoms with van der Waals surface area (Å²) in [6.45, 7) is 4.76. The van der Waals surface area contributed by atoms with Gasteiger partial charge in [0.05, 0.1) is 14.7 Å². The van der Waals surface area contributed by atoms with Crippen molar-refractivity contribution in [1.29, 1.82) is 0 Å². The topological polar surface area (TPSA) is 106 Å². The zero-order valence-corrected chi connectivity index (χ0v) is 16.7. The van der Waals surface area contributed by atoms with Crippen molar-refractivity contribution in [3.8, 4) is 0 Å². The molecule has 144 valence electrons. The van der Waals surface area contributed by atoms with Crippen molar-refractivity contribution in [2.24, 2.45) is 5.92 Å². The van der Waals surface area contributed by atoms with Gasteiger partial charge in [-0.2, -0.15) is 4.31 Å². The van der Waals surface area contributed by atoms with Gasteiger partial charge in [0.25, 0.3) is 5.69 Å². The molecular weight excluding hydrogens is 388 g/mol. The fraction of sp³-hybridized carbons (Fsp3) is 0.412. The first-order chi connectivity index (χ1) is 12.8. The lowest BCUT2D eigenvalue weighted by atomic mass is 10.0. The second kappa shape index (κ2) is 7.91. The van der Waals surface area contributed by atoms with E-state index in [2.05, 4.69) is 16.9 Å². The summed E-state index contributed by atoms with van der Waals surface area (Å²) in [6.07, 6.45) is 3.16. The van der Waals surface area contributed by atoms with Gasteiger partial charge in [0.1, 0.15) is 0 Å². The van der Waals surface area contributed by atoms with Crippen LogP contribution in [0, 0.1) is 23.0 Å². The van der Waals surface area contributed by atoms with Crippen LogP contribution in [0.15, 0.2) is 45.4 Å². The Hall–Kier alpha value is -2.04. The molecule has 0 unspecified atom stereocenters. The number of hydrogen-bond acceptors (Lipinski definition) is 7. The summed E-state index contributed by atoms with van der Waals surface area (Å²) in [5.41, 5.74) is 0.477. The maximum Gasteiger partial charge on any atom is 0.284 e. The molecule has 0 bridgehead atoms. The van der Waals surface area contributed by atoms with Crippen molar-refractivity contribution in [2.75, 3.05) is 13.1 Å². The van der Waals surface area contributed by atoms with Crippen LogP contribution in [0.25, 0.3) is 0 Å². The Balaban J connectivity index is 1.92. The standard InChI is InChI=1S/C17H20N4O4S2/c1-12-6-9-20(10-7-12)27(24,25)14-3-4-16(15(11-14)21(22)23)26-17-18-8-5-13(2)19-17/h3-5,8,11-12H,6-7,9-10H2,1-2H3. The molecule has 1 aliphatic heterocycles. The molecule has 1 aromatic heterocycles. The predicted molar refractivity (Wildman–Crippen MR) is 101 cm³/mol. The van der Waals surface area contributed by atoms with Crippen LogP contribution >= 0.6 is 11.8 Å². The average Bonchev–Trinajstić information content (AvgIpc) is 2.62. The molecule has 1 aromatic carbocycles. The van der Waals surface area contributed by atoms with Gasteiger partial charge in [-0.05, 0) is 55.6 Å². The van der Waals surface area contributed by atoms with E-state index >= 15 is 0 Å². The maximum atomic E-state index is 12.9. The Morgan fingerprint density at radius 2 is 1.96 bits per heavy atom. The summed E-state index contributed by atoms with van der Waals surface area (Å²) >= 11 is 1.04. The third-order valence-electron chi connectivity index (χ3n) is 4.48. The maximum absolute atomic E-state index is 12.9. The lowest BCUT2D eigenvalue weighted by Gasteiger charge is -2.29. The second-order valence-corrected chi connectivity index (χ2v) is 9.50. The molecule has 0 aliphatic carbocycles. The molecular formula is C17H20N4O4S2. The highest BCUT2D eigenvalue weighted by Gasteiger charge is 2.30. The van der Waals surface area contributed by atoms with Crippen LogP contribution < -0.4 is 0 Å². The fourth-order valence-corrected chi connectivity index (χ4v) is 5.20. The zero-order chi connectivity index (χ0) is 19.6. The molecule has 2 aromatic rings. The molecule has 0 saturated carbocycles. The SMILES string of the molecule is Cc1ccnc(Sc2ccc(S(=O)(=O)N3CCC(C)CC3)cc2[N+](=O)[O-])n1. The van der Waals surface area contributed by atoms with E-state index < -0.39 is 14.9 Å². The molecule has 8 nitrogen and oxygen atoms in total. The van der Waals surface area contributed by atoms with E-state index in [0.29, 0.717) is 29.1 Å². The predicted octanol–water partition coefficient (Wildman–Crippen LogP) is 3.27. The Morgan fingerprint density at radius 1 is 1.26 bits per heavy atom. The molecule has 1 aliphatic rings. The Kier molecular flexibility index (Phi) is 5.78. The molecule has 0 amide bonds. The minimum absolute atomic E-state index is 0.0572. The summed E-state index contributed by atoms with van der Waals surface area (Å²) < 4.78 is 27.1. The van der Waals surface area contributed by atoms with Gasteiger partial charge in [-0.15, -0.1) is 0 Å². The van der Waals surface area contributed by atoms with E-state index in [4.69, 9.17) is 0 Å². The molecule has 0 spiro atoms. The second-order valence-electron chi connectivity index (χ2n) is 6.56. The molecule has 10 heteroatoms. The first kappa shape index (κ1) is 19.7. The van der Waals surface area contributed by atoms with E-state index in [0.717, 1.165) is 36.4 Å². The molecule has 0 atom stereocenters. The van der Waals surface area contributed by atoms with Gasteiger partial charge in [0.2, 0.25) is 10.0 Å². The van der Waals surface area contributed by atoms with Crippen LogP contribution in [0.1, 0.15) is 25.5 Å². The van der Waals surface area contributed by atoms with E-state index in [-0.39, 0.29) is 10.6 Å². The number of nitro groups is 1. The monoisotopic (exact) mass is 408 g/mol. The molecule has 27 heavy (non-hydrogen) atoms. The number of nitro benzene ring substituents is 1. The number of sulfonamides is 1. The summed E-state index contributed by atoms with van der Waals surface area (Å²) in [5, 5.41) is 11.9. The highest BCUT2D eigenvalue weighted by atomic mass is 32.2. The van der Waals surface area contributed by atoms with Gasteiger partial charge >= 0.3 is 0 Å². The van der Waals surface area contributed by atoms with Crippen molar-refractivity contribution < 1.29 is 13.3 Å². The number of hydrogen-bond donors (Lipinski definition) is 0. The smallest absolute Gasteiger partial charge is 0.258 e. The molecule has 0 N–H and O–H groups in total. The van der Waals surface area contributed by atoms with Crippen molar-refractivity contribution in [1.82, 2.24) is 14.3 Å². The van der Waals surface area contributed by atoms with E-state index in [9.17, 15) is 18.5 Å². The first-order valence-corrected chi connectivity index (χ1v) is 10.8. The van der Waals surface area contributed by atoms with Crippen molar-refractivity contribution in [3.63, 3.8) is 0 Å². The number of nitrogens with zero attached hydrogens (tertiary/aromatic N) is 4. The molecule has 0 radical (unpaired) electrons. The average molecular weight is 409 g/mol.